The SMILES string of the molecule is C[C@@H]1C[C@H](CN2C(=O)N(C)C(=O)[C@@H]2CC2(C)CCC(n3c(=O)c(C(=N)N)c(O)n(CC4CCC4)c3=O)CC2)CCS1(=O)=O. The zero-order valence-corrected chi connectivity index (χ0v) is 26.1. The number of rotatable bonds is 8. The van der Waals surface area contributed by atoms with Gasteiger partial charge in [-0.05, 0) is 82.0 Å². The van der Waals surface area contributed by atoms with Gasteiger partial charge in [-0.2, -0.15) is 0 Å². The van der Waals surface area contributed by atoms with Gasteiger partial charge in [-0.15, -0.1) is 0 Å². The summed E-state index contributed by atoms with van der Waals surface area (Å²) in [6, 6.07) is -1.48. The Kier molecular flexibility index (Phi) is 8.29. The number of imide groups is 1. The number of hydrogen-bond donors (Lipinski definition) is 3. The molecule has 2 aliphatic heterocycles. The van der Waals surface area contributed by atoms with Gasteiger partial charge in [-0.3, -0.25) is 29.0 Å². The Morgan fingerprint density at radius 3 is 2.26 bits per heavy atom. The van der Waals surface area contributed by atoms with Crippen molar-refractivity contribution >= 4 is 27.6 Å². The molecule has 238 valence electrons. The first-order valence-corrected chi connectivity index (χ1v) is 17.1. The van der Waals surface area contributed by atoms with E-state index < -0.39 is 50.1 Å². The number of carbonyl (C=O) groups is 2. The molecule has 13 nitrogen and oxygen atoms in total. The lowest BCUT2D eigenvalue weighted by molar-refractivity contribution is -0.128. The third-order valence-corrected chi connectivity index (χ3v) is 12.8. The first-order chi connectivity index (χ1) is 20.1. The summed E-state index contributed by atoms with van der Waals surface area (Å²) in [7, 11) is -1.65. The van der Waals surface area contributed by atoms with Gasteiger partial charge in [-0.1, -0.05) is 13.3 Å². The van der Waals surface area contributed by atoms with E-state index in [0.29, 0.717) is 51.5 Å². The van der Waals surface area contributed by atoms with Crippen LogP contribution in [0, 0.1) is 22.7 Å². The van der Waals surface area contributed by atoms with Crippen molar-refractivity contribution in [1.82, 2.24) is 18.9 Å². The van der Waals surface area contributed by atoms with E-state index in [9.17, 15) is 32.7 Å². The molecule has 2 aliphatic carbocycles. The van der Waals surface area contributed by atoms with E-state index in [1.807, 2.05) is 0 Å². The Morgan fingerprint density at radius 2 is 1.70 bits per heavy atom. The second-order valence-corrected chi connectivity index (χ2v) is 16.2. The van der Waals surface area contributed by atoms with E-state index in [1.54, 1.807) is 11.8 Å². The fraction of sp³-hybridized carbons (Fsp3) is 0.759. The lowest BCUT2D eigenvalue weighted by Crippen LogP contribution is -2.48. The van der Waals surface area contributed by atoms with Crippen LogP contribution in [0.2, 0.25) is 0 Å². The van der Waals surface area contributed by atoms with Crippen LogP contribution >= 0.6 is 0 Å². The van der Waals surface area contributed by atoms with Crippen LogP contribution < -0.4 is 17.0 Å². The fourth-order valence-electron chi connectivity index (χ4n) is 7.43. The molecule has 5 rings (SSSR count). The van der Waals surface area contributed by atoms with Crippen LogP contribution in [-0.2, 0) is 21.2 Å². The molecule has 2 saturated carbocycles. The minimum absolute atomic E-state index is 0.00762. The van der Waals surface area contributed by atoms with Crippen molar-refractivity contribution < 1.29 is 23.1 Å². The first-order valence-electron chi connectivity index (χ1n) is 15.4. The summed E-state index contributed by atoms with van der Waals surface area (Å²) in [5.41, 5.74) is 3.61. The third kappa shape index (κ3) is 5.74. The molecule has 4 aliphatic rings. The van der Waals surface area contributed by atoms with Crippen LogP contribution in [0.5, 0.6) is 5.88 Å². The maximum absolute atomic E-state index is 13.5. The number of carbonyl (C=O) groups excluding carboxylic acids is 2. The number of hydrogen-bond acceptors (Lipinski definition) is 8. The summed E-state index contributed by atoms with van der Waals surface area (Å²) >= 11 is 0. The highest BCUT2D eigenvalue weighted by atomic mass is 32.2. The first kappa shape index (κ1) is 31.3. The quantitative estimate of drug-likeness (QED) is 0.223. The molecule has 3 heterocycles. The predicted molar refractivity (Wildman–Crippen MR) is 160 cm³/mol. The minimum Gasteiger partial charge on any atom is -0.494 e. The second-order valence-electron chi connectivity index (χ2n) is 13.6. The number of amides is 3. The van der Waals surface area contributed by atoms with Crippen LogP contribution in [-0.4, -0.2) is 80.9 Å². The molecule has 0 spiro atoms. The van der Waals surface area contributed by atoms with Crippen molar-refractivity contribution in [2.24, 2.45) is 23.0 Å². The summed E-state index contributed by atoms with van der Waals surface area (Å²) in [4.78, 5) is 56.0. The molecule has 43 heavy (non-hydrogen) atoms. The number of amidine groups is 1. The largest absolute Gasteiger partial charge is 0.494 e. The molecule has 14 heteroatoms. The van der Waals surface area contributed by atoms with Crippen LogP contribution in [0.25, 0.3) is 0 Å². The molecule has 1 aromatic rings. The van der Waals surface area contributed by atoms with E-state index in [4.69, 9.17) is 11.1 Å². The van der Waals surface area contributed by atoms with E-state index in [0.717, 1.165) is 28.7 Å². The Hall–Kier alpha value is -3.16. The van der Waals surface area contributed by atoms with Crippen LogP contribution in [0.4, 0.5) is 4.79 Å². The number of urea groups is 1. The second kappa shape index (κ2) is 11.4. The number of aromatic nitrogens is 2. The number of likely N-dealkylation sites (N-methyl/N-ethyl adjacent to an activating group) is 1. The lowest BCUT2D eigenvalue weighted by Gasteiger charge is -2.40. The molecule has 0 radical (unpaired) electrons. The standard InChI is InChI=1S/C29H44N6O7S/c1-17-13-19(9-12-43(17,41)42)16-33-21(24(36)32(3)27(33)39)14-29(2)10-7-20(8-11-29)35-26(38)22(23(30)31)25(37)34(28(35)40)15-18-5-4-6-18/h17-21,37H,4-16H2,1-3H3,(H3,30,31)/t17-,19-,20?,21+,29?/m1/s1. The third-order valence-electron chi connectivity index (χ3n) is 10.6. The summed E-state index contributed by atoms with van der Waals surface area (Å²) in [5, 5.41) is 18.2. The highest BCUT2D eigenvalue weighted by Crippen LogP contribution is 2.45. The van der Waals surface area contributed by atoms with Gasteiger partial charge in [0, 0.05) is 26.2 Å². The minimum atomic E-state index is -3.12. The smallest absolute Gasteiger partial charge is 0.334 e. The lowest BCUT2D eigenvalue weighted by atomic mass is 9.70. The molecular weight excluding hydrogens is 576 g/mol. The highest BCUT2D eigenvalue weighted by Gasteiger charge is 2.48. The topological polar surface area (TPSA) is 189 Å². The van der Waals surface area contributed by atoms with Crippen molar-refractivity contribution in [2.75, 3.05) is 19.3 Å². The van der Waals surface area contributed by atoms with Crippen molar-refractivity contribution in [2.45, 2.75) is 102 Å². The molecule has 1 aromatic heterocycles. The average Bonchev–Trinajstić information content (AvgIpc) is 3.09. The normalized spacial score (nSPS) is 31.3. The monoisotopic (exact) mass is 620 g/mol. The van der Waals surface area contributed by atoms with Gasteiger partial charge in [0.05, 0.1) is 11.0 Å². The van der Waals surface area contributed by atoms with E-state index in [1.165, 1.54) is 11.6 Å². The fourth-order valence-corrected chi connectivity index (χ4v) is 9.06. The van der Waals surface area contributed by atoms with Crippen LogP contribution in [0.15, 0.2) is 9.59 Å². The average molecular weight is 621 g/mol. The summed E-state index contributed by atoms with van der Waals surface area (Å²) in [6.45, 7) is 4.35. The van der Waals surface area contributed by atoms with E-state index in [2.05, 4.69) is 6.92 Å². The van der Waals surface area contributed by atoms with Crippen LogP contribution in [0.1, 0.15) is 89.7 Å². The predicted octanol–water partition coefficient (Wildman–Crippen LogP) is 1.79. The van der Waals surface area contributed by atoms with Gasteiger partial charge in [-0.25, -0.2) is 18.0 Å². The van der Waals surface area contributed by atoms with Gasteiger partial charge in [0.2, 0.25) is 5.88 Å². The molecule has 3 amide bonds. The Balaban J connectivity index is 1.33. The molecule has 0 bridgehead atoms. The summed E-state index contributed by atoms with van der Waals surface area (Å²) in [6.07, 6.45) is 6.37. The number of nitrogens with zero attached hydrogens (tertiary/aromatic N) is 4. The maximum Gasteiger partial charge on any atom is 0.334 e. The summed E-state index contributed by atoms with van der Waals surface area (Å²) < 4.78 is 26.8. The van der Waals surface area contributed by atoms with Crippen molar-refractivity contribution in [1.29, 1.82) is 5.41 Å². The van der Waals surface area contributed by atoms with Gasteiger partial charge in [0.25, 0.3) is 11.5 Å². The van der Waals surface area contributed by atoms with Gasteiger partial charge in [0.15, 0.2) is 9.84 Å². The molecule has 4 fully saturated rings. The molecule has 3 atom stereocenters. The zero-order chi connectivity index (χ0) is 31.4. The van der Waals surface area contributed by atoms with E-state index >= 15 is 0 Å². The van der Waals surface area contributed by atoms with Gasteiger partial charge >= 0.3 is 11.7 Å². The molecule has 0 aromatic carbocycles. The Bertz CT molecular complexity index is 1540. The molecule has 4 N–H and O–H groups in total. The zero-order valence-electron chi connectivity index (χ0n) is 25.3. The Morgan fingerprint density at radius 1 is 1.05 bits per heavy atom. The van der Waals surface area contributed by atoms with Gasteiger partial charge < -0.3 is 15.7 Å². The van der Waals surface area contributed by atoms with Crippen molar-refractivity contribution in [3.8, 4) is 5.88 Å². The summed E-state index contributed by atoms with van der Waals surface area (Å²) in [5.74, 6) is -1.12. The highest BCUT2D eigenvalue weighted by molar-refractivity contribution is 7.92. The number of nitrogen functional groups attached to an aromatic ring is 1. The molecular formula is C29H44N6O7S. The number of nitrogens with two attached hydrogens (primary N) is 1. The number of sulfone groups is 1. The van der Waals surface area contributed by atoms with Gasteiger partial charge in [0.1, 0.15) is 17.4 Å². The molecule has 2 saturated heterocycles. The number of nitrogens with one attached hydrogen (secondary N) is 1. The van der Waals surface area contributed by atoms with Crippen molar-refractivity contribution in [3.63, 3.8) is 0 Å². The van der Waals surface area contributed by atoms with Crippen molar-refractivity contribution in [3.05, 3.63) is 26.4 Å². The van der Waals surface area contributed by atoms with E-state index in [-0.39, 0.29) is 47.1 Å². The Labute approximate surface area is 251 Å². The number of aromatic hydroxyl groups is 1. The maximum atomic E-state index is 13.5. The van der Waals surface area contributed by atoms with Crippen LogP contribution in [0.3, 0.4) is 0 Å². The molecule has 0 unspecified atom stereocenters.